The van der Waals surface area contributed by atoms with E-state index in [9.17, 15) is 19.1 Å². The Bertz CT molecular complexity index is 501. The lowest BCUT2D eigenvalue weighted by atomic mass is 9.67. The lowest BCUT2D eigenvalue weighted by molar-refractivity contribution is 0.0238. The highest BCUT2D eigenvalue weighted by Gasteiger charge is 2.42. The molecule has 0 aromatic heterocycles. The van der Waals surface area contributed by atoms with Crippen LogP contribution in [-0.2, 0) is 0 Å². The number of nitriles is 1. The molecule has 0 aliphatic heterocycles. The summed E-state index contributed by atoms with van der Waals surface area (Å²) in [7, 11) is 0. The van der Waals surface area contributed by atoms with E-state index in [-0.39, 0.29) is 5.56 Å². The molecule has 0 amide bonds. The molecule has 0 radical (unpaired) electrons. The highest BCUT2D eigenvalue weighted by atomic mass is 19.2. The van der Waals surface area contributed by atoms with Crippen LogP contribution in [0.3, 0.4) is 0 Å². The molecule has 4 heteroatoms. The Morgan fingerprint density at radius 2 is 2.00 bits per heavy atom. The van der Waals surface area contributed by atoms with Gasteiger partial charge in [-0.3, -0.25) is 0 Å². The number of benzene rings is 1. The molecule has 1 aliphatic carbocycles. The van der Waals surface area contributed by atoms with Gasteiger partial charge in [0.05, 0.1) is 11.5 Å². The summed E-state index contributed by atoms with van der Waals surface area (Å²) >= 11 is 0. The normalized spacial score (nSPS) is 28.7. The Morgan fingerprint density at radius 1 is 1.37 bits per heavy atom. The number of hydrogen-bond acceptors (Lipinski definition) is 2. The monoisotopic (exact) mass is 265 g/mol. The van der Waals surface area contributed by atoms with E-state index < -0.39 is 23.2 Å². The molecule has 1 aromatic rings. The van der Waals surface area contributed by atoms with Crippen LogP contribution in [0.5, 0.6) is 0 Å². The van der Waals surface area contributed by atoms with E-state index >= 15 is 0 Å². The largest absolute Gasteiger partial charge is 0.387 e. The minimum atomic E-state index is -1.28. The molecule has 1 aromatic carbocycles. The molecule has 0 bridgehead atoms. The summed E-state index contributed by atoms with van der Waals surface area (Å²) in [4.78, 5) is 0. The van der Waals surface area contributed by atoms with E-state index in [4.69, 9.17) is 0 Å². The molecule has 0 saturated heterocycles. The van der Waals surface area contributed by atoms with Gasteiger partial charge in [0, 0.05) is 5.56 Å². The van der Waals surface area contributed by atoms with Crippen LogP contribution in [0.1, 0.15) is 44.3 Å². The van der Waals surface area contributed by atoms with Gasteiger partial charge >= 0.3 is 0 Å². The van der Waals surface area contributed by atoms with Crippen LogP contribution in [-0.4, -0.2) is 5.11 Å². The zero-order chi connectivity index (χ0) is 14.0. The van der Waals surface area contributed by atoms with Crippen molar-refractivity contribution in [3.8, 4) is 6.07 Å². The number of rotatable bonds is 2. The lowest BCUT2D eigenvalue weighted by Gasteiger charge is -2.37. The maximum absolute atomic E-state index is 13.7. The first-order valence-corrected chi connectivity index (χ1v) is 6.53. The molecule has 1 N–H and O–H groups in total. The van der Waals surface area contributed by atoms with Crippen LogP contribution in [0.25, 0.3) is 0 Å². The van der Waals surface area contributed by atoms with Crippen molar-refractivity contribution in [2.75, 3.05) is 0 Å². The van der Waals surface area contributed by atoms with Gasteiger partial charge in [-0.15, -0.1) is 0 Å². The van der Waals surface area contributed by atoms with E-state index in [0.717, 1.165) is 18.9 Å². The SMILES string of the molecule is CC1CCC(C#N)(C(O)c2cccc(F)c2F)CC1. The fourth-order valence-corrected chi connectivity index (χ4v) is 2.75. The van der Waals surface area contributed by atoms with E-state index in [0.29, 0.717) is 18.8 Å². The second-order valence-corrected chi connectivity index (χ2v) is 5.50. The van der Waals surface area contributed by atoms with Gasteiger partial charge in [-0.05, 0) is 37.7 Å². The summed E-state index contributed by atoms with van der Waals surface area (Å²) in [6.45, 7) is 2.09. The van der Waals surface area contributed by atoms with Gasteiger partial charge in [-0.2, -0.15) is 5.26 Å². The summed E-state index contributed by atoms with van der Waals surface area (Å²) in [6.07, 6.45) is 1.40. The van der Waals surface area contributed by atoms with Crippen LogP contribution >= 0.6 is 0 Å². The number of aliphatic hydroxyl groups excluding tert-OH is 1. The highest BCUT2D eigenvalue weighted by molar-refractivity contribution is 5.26. The van der Waals surface area contributed by atoms with Gasteiger partial charge in [-0.25, -0.2) is 8.78 Å². The van der Waals surface area contributed by atoms with E-state index in [1.807, 2.05) is 0 Å². The Balaban J connectivity index is 2.34. The van der Waals surface area contributed by atoms with Crippen molar-refractivity contribution in [3.63, 3.8) is 0 Å². The summed E-state index contributed by atoms with van der Waals surface area (Å²) in [5.74, 6) is -1.54. The van der Waals surface area contributed by atoms with Crippen LogP contribution < -0.4 is 0 Å². The van der Waals surface area contributed by atoms with Crippen molar-refractivity contribution in [3.05, 3.63) is 35.4 Å². The van der Waals surface area contributed by atoms with Gasteiger partial charge in [0.1, 0.15) is 6.10 Å². The number of aliphatic hydroxyl groups is 1. The fourth-order valence-electron chi connectivity index (χ4n) is 2.75. The van der Waals surface area contributed by atoms with Gasteiger partial charge < -0.3 is 5.11 Å². The predicted molar refractivity (Wildman–Crippen MR) is 67.0 cm³/mol. The molecule has 19 heavy (non-hydrogen) atoms. The molecule has 102 valence electrons. The van der Waals surface area contributed by atoms with E-state index in [1.165, 1.54) is 12.1 Å². The van der Waals surface area contributed by atoms with E-state index in [2.05, 4.69) is 13.0 Å². The van der Waals surface area contributed by atoms with Crippen molar-refractivity contribution in [1.82, 2.24) is 0 Å². The quantitative estimate of drug-likeness (QED) is 0.885. The van der Waals surface area contributed by atoms with Gasteiger partial charge in [0.25, 0.3) is 0 Å². The third-order valence-electron chi connectivity index (χ3n) is 4.19. The van der Waals surface area contributed by atoms with Gasteiger partial charge in [-0.1, -0.05) is 19.1 Å². The third-order valence-corrected chi connectivity index (χ3v) is 4.19. The maximum atomic E-state index is 13.7. The second kappa shape index (κ2) is 5.26. The average Bonchev–Trinajstić information content (AvgIpc) is 2.42. The lowest BCUT2D eigenvalue weighted by Crippen LogP contribution is -2.32. The minimum absolute atomic E-state index is 0.115. The summed E-state index contributed by atoms with van der Waals surface area (Å²) in [5, 5.41) is 19.8. The Labute approximate surface area is 111 Å². The fraction of sp³-hybridized carbons (Fsp3) is 0.533. The van der Waals surface area contributed by atoms with Crippen molar-refractivity contribution in [1.29, 1.82) is 5.26 Å². The zero-order valence-corrected chi connectivity index (χ0v) is 10.9. The van der Waals surface area contributed by atoms with E-state index in [1.54, 1.807) is 0 Å². The maximum Gasteiger partial charge on any atom is 0.164 e. The van der Waals surface area contributed by atoms with Crippen molar-refractivity contribution in [2.24, 2.45) is 11.3 Å². The molecule has 1 aliphatic rings. The number of nitrogens with zero attached hydrogens (tertiary/aromatic N) is 1. The standard InChI is InChI=1S/C15H17F2NO/c1-10-5-7-15(9-18,8-6-10)14(19)11-3-2-4-12(16)13(11)17/h2-4,10,14,19H,5-8H2,1H3. The van der Waals surface area contributed by atoms with Crippen LogP contribution in [0, 0.1) is 34.3 Å². The molecular formula is C15H17F2NO. The average molecular weight is 265 g/mol. The first-order valence-electron chi connectivity index (χ1n) is 6.53. The summed E-state index contributed by atoms with van der Waals surface area (Å²) in [5.41, 5.74) is -1.11. The van der Waals surface area contributed by atoms with Crippen molar-refractivity contribution in [2.45, 2.75) is 38.7 Å². The molecule has 1 fully saturated rings. The predicted octanol–water partition coefficient (Wildman–Crippen LogP) is 3.72. The van der Waals surface area contributed by atoms with Crippen molar-refractivity contribution >= 4 is 0 Å². The third kappa shape index (κ3) is 2.48. The van der Waals surface area contributed by atoms with Gasteiger partial charge in [0.2, 0.25) is 0 Å². The van der Waals surface area contributed by atoms with Gasteiger partial charge in [0.15, 0.2) is 11.6 Å². The summed E-state index contributed by atoms with van der Waals surface area (Å²) < 4.78 is 27.0. The van der Waals surface area contributed by atoms with Crippen molar-refractivity contribution < 1.29 is 13.9 Å². The molecule has 1 saturated carbocycles. The zero-order valence-electron chi connectivity index (χ0n) is 10.9. The number of halogens is 2. The molecule has 0 spiro atoms. The molecule has 2 rings (SSSR count). The smallest absolute Gasteiger partial charge is 0.164 e. The minimum Gasteiger partial charge on any atom is -0.387 e. The summed E-state index contributed by atoms with van der Waals surface area (Å²) in [6, 6.07) is 5.85. The van der Waals surface area contributed by atoms with Crippen LogP contribution in [0.2, 0.25) is 0 Å². The molecule has 2 nitrogen and oxygen atoms in total. The molecular weight excluding hydrogens is 248 g/mol. The Kier molecular flexibility index (Phi) is 3.86. The first-order chi connectivity index (χ1) is 9.00. The first kappa shape index (κ1) is 14.0. The van der Waals surface area contributed by atoms with Crippen LogP contribution in [0.4, 0.5) is 8.78 Å². The highest BCUT2D eigenvalue weighted by Crippen LogP contribution is 2.47. The number of hydrogen-bond donors (Lipinski definition) is 1. The molecule has 1 atom stereocenters. The van der Waals surface area contributed by atoms with Crippen LogP contribution in [0.15, 0.2) is 18.2 Å². The molecule has 0 heterocycles. The second-order valence-electron chi connectivity index (χ2n) is 5.50. The Morgan fingerprint density at radius 3 is 2.58 bits per heavy atom. The topological polar surface area (TPSA) is 44.0 Å². The Hall–Kier alpha value is -1.47. The molecule has 1 unspecified atom stereocenters.